The maximum absolute atomic E-state index is 13.7. The summed E-state index contributed by atoms with van der Waals surface area (Å²) in [5, 5.41) is 0. The van der Waals surface area contributed by atoms with E-state index in [9.17, 15) is 8.78 Å². The van der Waals surface area contributed by atoms with E-state index in [2.05, 4.69) is 54.0 Å². The summed E-state index contributed by atoms with van der Waals surface area (Å²) in [7, 11) is 0. The quantitative estimate of drug-likeness (QED) is 0.262. The molecule has 0 N–H and O–H groups in total. The molecular weight excluding hydrogens is 302 g/mol. The zero-order valence-electron chi connectivity index (χ0n) is 16.5. The Labute approximate surface area is 149 Å². The molecular formula is C22H38F2. The van der Waals surface area contributed by atoms with E-state index in [0.29, 0.717) is 11.8 Å². The highest BCUT2D eigenvalue weighted by Gasteiger charge is 2.18. The molecule has 24 heavy (non-hydrogen) atoms. The lowest BCUT2D eigenvalue weighted by Crippen LogP contribution is -2.12. The number of rotatable bonds is 11. The average Bonchev–Trinajstić information content (AvgIpc) is 2.62. The van der Waals surface area contributed by atoms with Crippen molar-refractivity contribution in [1.82, 2.24) is 0 Å². The zero-order valence-corrected chi connectivity index (χ0v) is 16.5. The van der Waals surface area contributed by atoms with Crippen LogP contribution in [0.2, 0.25) is 0 Å². The predicted octanol–water partition coefficient (Wildman–Crippen LogP) is 8.20. The molecule has 4 atom stereocenters. The maximum atomic E-state index is 13.7. The minimum absolute atomic E-state index is 0.0464. The summed E-state index contributed by atoms with van der Waals surface area (Å²) in [5.74, 6) is 0.242. The van der Waals surface area contributed by atoms with Crippen LogP contribution in [0.15, 0.2) is 49.6 Å². The Hall–Kier alpha value is -1.18. The van der Waals surface area contributed by atoms with Gasteiger partial charge >= 0.3 is 0 Å². The molecule has 0 nitrogen and oxygen atoms in total. The Bertz CT molecular complexity index is 395. The number of hydrogen-bond acceptors (Lipinski definition) is 0. The summed E-state index contributed by atoms with van der Waals surface area (Å²) in [5.41, 5.74) is 0.247. The van der Waals surface area contributed by atoms with Crippen molar-refractivity contribution < 1.29 is 8.78 Å². The molecule has 140 valence electrons. The van der Waals surface area contributed by atoms with Crippen LogP contribution in [-0.4, -0.2) is 0 Å². The second-order valence-electron chi connectivity index (χ2n) is 6.92. The fourth-order valence-electron chi connectivity index (χ4n) is 2.47. The largest absolute Gasteiger partial charge is 0.204 e. The molecule has 0 fully saturated rings. The zero-order chi connectivity index (χ0) is 19.3. The lowest BCUT2D eigenvalue weighted by atomic mass is 9.83. The highest BCUT2D eigenvalue weighted by atomic mass is 19.2. The van der Waals surface area contributed by atoms with Crippen molar-refractivity contribution in [3.63, 3.8) is 0 Å². The first-order chi connectivity index (χ1) is 11.2. The fraction of sp³-hybridized carbons (Fsp3) is 0.636. The van der Waals surface area contributed by atoms with Gasteiger partial charge in [-0.3, -0.25) is 0 Å². The van der Waals surface area contributed by atoms with Crippen molar-refractivity contribution in [2.24, 2.45) is 23.7 Å². The molecule has 0 radical (unpaired) electrons. The van der Waals surface area contributed by atoms with Crippen LogP contribution in [-0.2, 0) is 0 Å². The SMILES string of the molecule is C=C.C=C/C(F)=C(/F)C(=C)C(C)CCC(C)C(C)CCC(C)CC. The standard InChI is InChI=1S/C20H34F2.C2H4/c1-8-14(3)10-11-15(4)16(5)12-13-17(6)18(7)20(22)19(21)9-2;1-2/h9,14-17H,2,7-8,10-13H2,1,3-6H3;1-2H2/b20-19-;. The molecule has 0 aliphatic rings. The summed E-state index contributed by atoms with van der Waals surface area (Å²) in [4.78, 5) is 0. The van der Waals surface area contributed by atoms with Crippen LogP contribution < -0.4 is 0 Å². The third-order valence-electron chi connectivity index (χ3n) is 5.10. The van der Waals surface area contributed by atoms with Gasteiger partial charge in [0.2, 0.25) is 0 Å². The molecule has 0 amide bonds. The van der Waals surface area contributed by atoms with E-state index in [4.69, 9.17) is 0 Å². The summed E-state index contributed by atoms with van der Waals surface area (Å²) in [6, 6.07) is 0. The maximum Gasteiger partial charge on any atom is 0.161 e. The number of hydrogen-bond donors (Lipinski definition) is 0. The van der Waals surface area contributed by atoms with Gasteiger partial charge < -0.3 is 0 Å². The minimum Gasteiger partial charge on any atom is -0.204 e. The van der Waals surface area contributed by atoms with Crippen molar-refractivity contribution in [2.75, 3.05) is 0 Å². The van der Waals surface area contributed by atoms with Gasteiger partial charge in [-0.05, 0) is 48.2 Å². The Kier molecular flexibility index (Phi) is 14.8. The van der Waals surface area contributed by atoms with Crippen LogP contribution in [0.25, 0.3) is 0 Å². The average molecular weight is 341 g/mol. The van der Waals surface area contributed by atoms with Crippen molar-refractivity contribution in [1.29, 1.82) is 0 Å². The molecule has 0 bridgehead atoms. The summed E-state index contributed by atoms with van der Waals surface area (Å²) in [6.07, 6.45) is 6.50. The predicted molar refractivity (Wildman–Crippen MR) is 105 cm³/mol. The molecule has 0 spiro atoms. The Morgan fingerprint density at radius 1 is 0.917 bits per heavy atom. The number of allylic oxidation sites excluding steroid dienone is 4. The van der Waals surface area contributed by atoms with Crippen LogP contribution in [0.5, 0.6) is 0 Å². The topological polar surface area (TPSA) is 0 Å². The molecule has 0 aromatic heterocycles. The Morgan fingerprint density at radius 2 is 1.38 bits per heavy atom. The summed E-state index contributed by atoms with van der Waals surface area (Å²) in [6.45, 7) is 23.9. The van der Waals surface area contributed by atoms with Gasteiger partial charge in [0.15, 0.2) is 11.7 Å². The minimum atomic E-state index is -0.910. The van der Waals surface area contributed by atoms with E-state index in [1.165, 1.54) is 19.3 Å². The van der Waals surface area contributed by atoms with Gasteiger partial charge in [-0.15, -0.1) is 13.2 Å². The molecule has 2 heteroatoms. The molecule has 0 aliphatic carbocycles. The van der Waals surface area contributed by atoms with Crippen molar-refractivity contribution in [2.45, 2.75) is 66.7 Å². The van der Waals surface area contributed by atoms with Gasteiger partial charge in [0.25, 0.3) is 0 Å². The molecule has 4 unspecified atom stereocenters. The van der Waals surface area contributed by atoms with Crippen molar-refractivity contribution in [3.05, 3.63) is 49.6 Å². The molecule has 0 saturated heterocycles. The summed E-state index contributed by atoms with van der Waals surface area (Å²) >= 11 is 0. The lowest BCUT2D eigenvalue weighted by Gasteiger charge is -2.23. The molecule has 0 heterocycles. The van der Waals surface area contributed by atoms with Gasteiger partial charge in [0.1, 0.15) is 0 Å². The van der Waals surface area contributed by atoms with Gasteiger partial charge in [0.05, 0.1) is 0 Å². The third-order valence-corrected chi connectivity index (χ3v) is 5.10. The van der Waals surface area contributed by atoms with E-state index < -0.39 is 11.7 Å². The molecule has 0 aromatic carbocycles. The van der Waals surface area contributed by atoms with E-state index in [-0.39, 0.29) is 11.5 Å². The number of halogens is 2. The van der Waals surface area contributed by atoms with Gasteiger partial charge in [-0.1, -0.05) is 67.0 Å². The first-order valence-electron chi connectivity index (χ1n) is 9.11. The molecule has 0 aliphatic heterocycles. The highest BCUT2D eigenvalue weighted by Crippen LogP contribution is 2.30. The van der Waals surface area contributed by atoms with Crippen LogP contribution in [0.1, 0.15) is 66.7 Å². The second-order valence-corrected chi connectivity index (χ2v) is 6.92. The highest BCUT2D eigenvalue weighted by molar-refractivity contribution is 5.30. The normalized spacial score (nSPS) is 16.8. The molecule has 0 aromatic rings. The van der Waals surface area contributed by atoms with Crippen LogP contribution in [0.4, 0.5) is 8.78 Å². The molecule has 0 saturated carbocycles. The van der Waals surface area contributed by atoms with Crippen molar-refractivity contribution in [3.8, 4) is 0 Å². The Morgan fingerprint density at radius 3 is 1.79 bits per heavy atom. The first kappa shape index (κ1) is 25.1. The van der Waals surface area contributed by atoms with Crippen LogP contribution >= 0.6 is 0 Å². The molecule has 0 rings (SSSR count). The van der Waals surface area contributed by atoms with Crippen LogP contribution in [0, 0.1) is 23.7 Å². The van der Waals surface area contributed by atoms with E-state index in [0.717, 1.165) is 24.8 Å². The monoisotopic (exact) mass is 340 g/mol. The van der Waals surface area contributed by atoms with E-state index in [1.54, 1.807) is 0 Å². The van der Waals surface area contributed by atoms with Gasteiger partial charge in [-0.2, -0.15) is 0 Å². The van der Waals surface area contributed by atoms with E-state index >= 15 is 0 Å². The smallest absolute Gasteiger partial charge is 0.161 e. The van der Waals surface area contributed by atoms with Gasteiger partial charge in [0, 0.05) is 0 Å². The fourth-order valence-corrected chi connectivity index (χ4v) is 2.47. The second kappa shape index (κ2) is 14.2. The van der Waals surface area contributed by atoms with Crippen LogP contribution in [0.3, 0.4) is 0 Å². The van der Waals surface area contributed by atoms with Crippen molar-refractivity contribution >= 4 is 0 Å². The Balaban J connectivity index is 0. The van der Waals surface area contributed by atoms with Gasteiger partial charge in [-0.25, -0.2) is 8.78 Å². The lowest BCUT2D eigenvalue weighted by molar-refractivity contribution is 0.300. The summed E-state index contributed by atoms with van der Waals surface area (Å²) < 4.78 is 26.9. The first-order valence-corrected chi connectivity index (χ1v) is 9.11. The van der Waals surface area contributed by atoms with E-state index in [1.807, 2.05) is 6.92 Å². The third kappa shape index (κ3) is 9.85.